The maximum Gasteiger partial charge on any atom is 0.400 e. The zero-order valence-electron chi connectivity index (χ0n) is 12.3. The van der Waals surface area contributed by atoms with E-state index in [1.54, 1.807) is 25.2 Å². The Hall–Kier alpha value is -0.869. The molecule has 0 aromatic carbocycles. The predicted octanol–water partition coefficient (Wildman–Crippen LogP) is 2.71. The number of rotatable bonds is 10. The molecule has 108 valence electrons. The van der Waals surface area contributed by atoms with E-state index < -0.39 is 27.1 Å². The molecule has 0 N–H and O–H groups in total. The van der Waals surface area contributed by atoms with Gasteiger partial charge in [0.25, 0.3) is 0 Å². The van der Waals surface area contributed by atoms with E-state index in [1.807, 2.05) is 13.1 Å². The first-order chi connectivity index (χ1) is 8.70. The van der Waals surface area contributed by atoms with Crippen LogP contribution in [0, 0.1) is 0 Å². The lowest BCUT2D eigenvalue weighted by atomic mass is 10.7. The highest BCUT2D eigenvalue weighted by Crippen LogP contribution is 2.14. The Morgan fingerprint density at radius 1 is 0.895 bits per heavy atom. The van der Waals surface area contributed by atoms with Gasteiger partial charge in [-0.3, -0.25) is 0 Å². The lowest BCUT2D eigenvalue weighted by molar-refractivity contribution is 0.290. The summed E-state index contributed by atoms with van der Waals surface area (Å²) in [5.41, 5.74) is 3.41. The van der Waals surface area contributed by atoms with E-state index in [-0.39, 0.29) is 0 Å². The molecule has 0 rings (SSSR count). The van der Waals surface area contributed by atoms with E-state index in [9.17, 15) is 0 Å². The Bertz CT molecular complexity index is 323. The number of hydrogen-bond acceptors (Lipinski definition) is 4. The van der Waals surface area contributed by atoms with Crippen molar-refractivity contribution < 1.29 is 17.1 Å². The molecule has 0 heterocycles. The van der Waals surface area contributed by atoms with Crippen molar-refractivity contribution in [1.82, 2.24) is 0 Å². The average Bonchev–Trinajstić information content (AvgIpc) is 2.25. The molecule has 0 fully saturated rings. The Balaban J connectivity index is 4.57. The largest absolute Gasteiger partial charge is 0.524 e. The summed E-state index contributed by atoms with van der Waals surface area (Å²) < 4.78 is 22.9. The zero-order chi connectivity index (χ0) is 15.1. The molecule has 0 aliphatic carbocycles. The molecule has 0 bridgehead atoms. The molecule has 2 atom stereocenters. The first-order valence-electron chi connectivity index (χ1n) is 5.95. The van der Waals surface area contributed by atoms with Gasteiger partial charge in [-0.15, -0.1) is 13.2 Å². The summed E-state index contributed by atoms with van der Waals surface area (Å²) in [7, 11) is -6.34. The fourth-order valence-corrected chi connectivity index (χ4v) is 8.56. The highest BCUT2D eigenvalue weighted by Gasteiger charge is 2.33. The van der Waals surface area contributed by atoms with E-state index >= 15 is 0 Å². The van der Waals surface area contributed by atoms with E-state index in [0.29, 0.717) is 11.5 Å². The van der Waals surface area contributed by atoms with Crippen molar-refractivity contribution in [2.45, 2.75) is 26.9 Å². The second kappa shape index (κ2) is 8.33. The van der Waals surface area contributed by atoms with Crippen LogP contribution in [-0.4, -0.2) is 27.1 Å². The molecule has 0 aliphatic heterocycles. The van der Waals surface area contributed by atoms with Crippen LogP contribution < -0.4 is 0 Å². The Morgan fingerprint density at radius 3 is 1.42 bits per heavy atom. The van der Waals surface area contributed by atoms with Crippen molar-refractivity contribution in [3.63, 3.8) is 0 Å². The molecule has 19 heavy (non-hydrogen) atoms. The molecular weight excluding hydrogens is 292 g/mol. The second-order valence-corrected chi connectivity index (χ2v) is 12.1. The van der Waals surface area contributed by atoms with Gasteiger partial charge >= 0.3 is 27.1 Å². The van der Waals surface area contributed by atoms with Gasteiger partial charge in [-0.25, -0.2) is 0 Å². The molecule has 0 saturated carbocycles. The fourth-order valence-electron chi connectivity index (χ4n) is 1.22. The van der Waals surface area contributed by atoms with Gasteiger partial charge in [-0.1, -0.05) is 13.2 Å². The summed E-state index contributed by atoms with van der Waals surface area (Å²) in [4.78, 5) is 0. The quantitative estimate of drug-likeness (QED) is 0.459. The summed E-state index contributed by atoms with van der Waals surface area (Å²) in [6.45, 7) is 22.3. The highest BCUT2D eigenvalue weighted by molar-refractivity contribution is 6.78. The van der Waals surface area contributed by atoms with Gasteiger partial charge in [-0.2, -0.15) is 0 Å². The molecule has 0 aliphatic rings. The minimum absolute atomic E-state index is 0.622. The molecule has 0 amide bonds. The van der Waals surface area contributed by atoms with Gasteiger partial charge in [0.1, 0.15) is 0 Å². The zero-order valence-corrected chi connectivity index (χ0v) is 15.6. The average molecular weight is 317 g/mol. The summed E-state index contributed by atoms with van der Waals surface area (Å²) in [6, 6.07) is 0. The third-order valence-electron chi connectivity index (χ3n) is 1.82. The molecule has 0 aromatic rings. The summed E-state index contributed by atoms with van der Waals surface area (Å²) in [6.07, 6.45) is 0. The van der Waals surface area contributed by atoms with Crippen molar-refractivity contribution in [2.24, 2.45) is 0 Å². The second-order valence-electron chi connectivity index (χ2n) is 4.48. The lowest BCUT2D eigenvalue weighted by Crippen LogP contribution is -2.46. The van der Waals surface area contributed by atoms with Crippen LogP contribution in [-0.2, 0) is 17.1 Å². The van der Waals surface area contributed by atoms with Gasteiger partial charge in [-0.05, 0) is 38.3 Å². The smallest absolute Gasteiger partial charge is 0.400 e. The Labute approximate surface area is 121 Å². The van der Waals surface area contributed by atoms with Crippen LogP contribution in [0.2, 0.25) is 13.1 Å². The molecule has 0 saturated heterocycles. The van der Waals surface area contributed by atoms with Crippen LogP contribution in [0.1, 0.15) is 13.8 Å². The summed E-state index contributed by atoms with van der Waals surface area (Å²) in [5.74, 6) is 1.24. The SMILES string of the molecule is C=C[SiH](OC(=C)C)O[Si](C)(C)O[SiH](C=C)OC(=C)C. The van der Waals surface area contributed by atoms with Gasteiger partial charge < -0.3 is 17.1 Å². The minimum Gasteiger partial charge on any atom is -0.524 e. The van der Waals surface area contributed by atoms with Gasteiger partial charge in [0.15, 0.2) is 0 Å². The van der Waals surface area contributed by atoms with Crippen molar-refractivity contribution >= 4 is 27.1 Å². The minimum atomic E-state index is -2.36. The highest BCUT2D eigenvalue weighted by atomic mass is 28.5. The Morgan fingerprint density at radius 2 is 1.21 bits per heavy atom. The number of allylic oxidation sites excluding steroid dienone is 2. The van der Waals surface area contributed by atoms with Gasteiger partial charge in [0, 0.05) is 0 Å². The van der Waals surface area contributed by atoms with Crippen molar-refractivity contribution in [1.29, 1.82) is 0 Å². The first-order valence-corrected chi connectivity index (χ1v) is 12.0. The van der Waals surface area contributed by atoms with Crippen LogP contribution in [0.5, 0.6) is 0 Å². The van der Waals surface area contributed by atoms with E-state index in [0.717, 1.165) is 0 Å². The van der Waals surface area contributed by atoms with E-state index in [1.165, 1.54) is 0 Å². The molecule has 4 nitrogen and oxygen atoms in total. The molecule has 2 unspecified atom stereocenters. The summed E-state index contributed by atoms with van der Waals surface area (Å²) >= 11 is 0. The maximum atomic E-state index is 5.94. The predicted molar refractivity (Wildman–Crippen MR) is 86.1 cm³/mol. The third kappa shape index (κ3) is 8.78. The van der Waals surface area contributed by atoms with Crippen molar-refractivity contribution in [3.05, 3.63) is 49.2 Å². The molecule has 0 spiro atoms. The topological polar surface area (TPSA) is 36.9 Å². The van der Waals surface area contributed by atoms with E-state index in [2.05, 4.69) is 26.3 Å². The molecular formula is C12H24O4Si3. The fraction of sp³-hybridized carbons (Fsp3) is 0.333. The Kier molecular flexibility index (Phi) is 7.95. The van der Waals surface area contributed by atoms with Crippen LogP contribution in [0.25, 0.3) is 0 Å². The summed E-state index contributed by atoms with van der Waals surface area (Å²) in [5, 5.41) is 0. The maximum absolute atomic E-state index is 5.94. The van der Waals surface area contributed by atoms with E-state index in [4.69, 9.17) is 17.1 Å². The van der Waals surface area contributed by atoms with Crippen LogP contribution >= 0.6 is 0 Å². The van der Waals surface area contributed by atoms with Crippen molar-refractivity contribution in [2.75, 3.05) is 0 Å². The lowest BCUT2D eigenvalue weighted by Gasteiger charge is -2.29. The first kappa shape index (κ1) is 18.1. The molecule has 0 radical (unpaired) electrons. The van der Waals surface area contributed by atoms with Gasteiger partial charge in [0.05, 0.1) is 11.5 Å². The van der Waals surface area contributed by atoms with Crippen LogP contribution in [0.4, 0.5) is 0 Å². The van der Waals surface area contributed by atoms with Crippen LogP contribution in [0.15, 0.2) is 49.2 Å². The third-order valence-corrected chi connectivity index (χ3v) is 10.3. The standard InChI is InChI=1S/C12H24O4Si3/c1-9-17(13-11(3)4)15-19(7,8)16-18(10-2)14-12(5)6/h9-10,17-18H,1-3,5H2,4,6-8H3. The molecule has 7 heteroatoms. The van der Waals surface area contributed by atoms with Gasteiger partial charge in [0.2, 0.25) is 0 Å². The molecule has 0 aromatic heterocycles. The monoisotopic (exact) mass is 316 g/mol. The normalized spacial score (nSPS) is 14.1. The number of hydrogen-bond donors (Lipinski definition) is 0. The van der Waals surface area contributed by atoms with Crippen LogP contribution in [0.3, 0.4) is 0 Å². The van der Waals surface area contributed by atoms with Crippen molar-refractivity contribution in [3.8, 4) is 0 Å².